The SMILES string of the molecule is COc1cccc(CC2(O)CNC2)c1. The largest absolute Gasteiger partial charge is 0.497 e. The molecule has 1 aliphatic heterocycles. The first-order valence-electron chi connectivity index (χ1n) is 4.78. The van der Waals surface area contributed by atoms with Crippen molar-refractivity contribution in [3.8, 4) is 5.75 Å². The van der Waals surface area contributed by atoms with Crippen molar-refractivity contribution in [2.24, 2.45) is 0 Å². The van der Waals surface area contributed by atoms with Gasteiger partial charge < -0.3 is 15.2 Å². The summed E-state index contributed by atoms with van der Waals surface area (Å²) in [6.45, 7) is 1.37. The molecule has 2 N–H and O–H groups in total. The highest BCUT2D eigenvalue weighted by atomic mass is 16.5. The van der Waals surface area contributed by atoms with E-state index in [1.54, 1.807) is 7.11 Å². The molecule has 0 aromatic heterocycles. The Bertz CT molecular complexity index is 321. The van der Waals surface area contributed by atoms with Crippen LogP contribution in [0.15, 0.2) is 24.3 Å². The summed E-state index contributed by atoms with van der Waals surface area (Å²) in [5.74, 6) is 0.846. The summed E-state index contributed by atoms with van der Waals surface area (Å²) in [7, 11) is 1.65. The lowest BCUT2D eigenvalue weighted by atomic mass is 9.89. The van der Waals surface area contributed by atoms with Gasteiger partial charge in [-0.3, -0.25) is 0 Å². The lowest BCUT2D eigenvalue weighted by molar-refractivity contribution is -0.00904. The van der Waals surface area contributed by atoms with Crippen molar-refractivity contribution in [3.05, 3.63) is 29.8 Å². The molecule has 3 heteroatoms. The van der Waals surface area contributed by atoms with Gasteiger partial charge in [0.15, 0.2) is 0 Å². The number of ether oxygens (including phenoxy) is 1. The fourth-order valence-electron chi connectivity index (χ4n) is 1.70. The molecule has 76 valence electrons. The molecule has 2 rings (SSSR count). The number of β-amino-alcohol motifs (C(OH)–C–C–N with tert-alkyl or cyclic N) is 1. The Balaban J connectivity index is 2.08. The molecule has 0 saturated carbocycles. The van der Waals surface area contributed by atoms with Gasteiger partial charge in [-0.25, -0.2) is 0 Å². The molecule has 1 saturated heterocycles. The van der Waals surface area contributed by atoms with E-state index in [2.05, 4.69) is 5.32 Å². The number of hydrogen-bond donors (Lipinski definition) is 2. The van der Waals surface area contributed by atoms with Crippen LogP contribution in [0, 0.1) is 0 Å². The zero-order valence-corrected chi connectivity index (χ0v) is 8.29. The van der Waals surface area contributed by atoms with Gasteiger partial charge in [0.2, 0.25) is 0 Å². The Hall–Kier alpha value is -1.06. The summed E-state index contributed by atoms with van der Waals surface area (Å²) >= 11 is 0. The predicted molar refractivity (Wildman–Crippen MR) is 54.5 cm³/mol. The Kier molecular flexibility index (Phi) is 2.44. The first-order chi connectivity index (χ1) is 6.72. The third kappa shape index (κ3) is 1.89. The van der Waals surface area contributed by atoms with Gasteiger partial charge in [0.1, 0.15) is 5.75 Å². The van der Waals surface area contributed by atoms with Gasteiger partial charge in [0.05, 0.1) is 12.7 Å². The van der Waals surface area contributed by atoms with Crippen LogP contribution in [-0.2, 0) is 6.42 Å². The van der Waals surface area contributed by atoms with E-state index in [9.17, 15) is 5.11 Å². The van der Waals surface area contributed by atoms with Gasteiger partial charge >= 0.3 is 0 Å². The third-order valence-corrected chi connectivity index (χ3v) is 2.58. The van der Waals surface area contributed by atoms with Gasteiger partial charge in [-0.1, -0.05) is 12.1 Å². The topological polar surface area (TPSA) is 41.5 Å². The zero-order chi connectivity index (χ0) is 10.0. The molecule has 1 aliphatic rings. The molecule has 0 atom stereocenters. The first-order valence-corrected chi connectivity index (χ1v) is 4.78. The second kappa shape index (κ2) is 3.59. The highest BCUT2D eigenvalue weighted by Crippen LogP contribution is 2.20. The second-order valence-electron chi connectivity index (χ2n) is 3.86. The summed E-state index contributed by atoms with van der Waals surface area (Å²) in [4.78, 5) is 0. The molecule has 3 nitrogen and oxygen atoms in total. The summed E-state index contributed by atoms with van der Waals surface area (Å²) in [5.41, 5.74) is 0.570. The maximum Gasteiger partial charge on any atom is 0.119 e. The average molecular weight is 193 g/mol. The molecule has 1 fully saturated rings. The summed E-state index contributed by atoms with van der Waals surface area (Å²) in [5, 5.41) is 13.0. The Morgan fingerprint density at radius 3 is 2.86 bits per heavy atom. The Morgan fingerprint density at radius 1 is 1.50 bits per heavy atom. The van der Waals surface area contributed by atoms with Crippen molar-refractivity contribution in [1.82, 2.24) is 5.32 Å². The fourth-order valence-corrected chi connectivity index (χ4v) is 1.70. The van der Waals surface area contributed by atoms with Crippen LogP contribution < -0.4 is 10.1 Å². The maximum atomic E-state index is 9.92. The van der Waals surface area contributed by atoms with Gasteiger partial charge in [-0.15, -0.1) is 0 Å². The minimum absolute atomic E-state index is 0.549. The molecular weight excluding hydrogens is 178 g/mol. The van der Waals surface area contributed by atoms with Crippen LogP contribution in [0.1, 0.15) is 5.56 Å². The molecular formula is C11H15NO2. The molecule has 0 unspecified atom stereocenters. The molecule has 0 spiro atoms. The van der Waals surface area contributed by atoms with Crippen molar-refractivity contribution >= 4 is 0 Å². The van der Waals surface area contributed by atoms with Crippen LogP contribution in [0.3, 0.4) is 0 Å². The van der Waals surface area contributed by atoms with E-state index >= 15 is 0 Å². The van der Waals surface area contributed by atoms with Crippen LogP contribution in [0.2, 0.25) is 0 Å². The average Bonchev–Trinajstić information content (AvgIpc) is 2.16. The molecule has 0 radical (unpaired) electrons. The van der Waals surface area contributed by atoms with Gasteiger partial charge in [0.25, 0.3) is 0 Å². The summed E-state index contributed by atoms with van der Waals surface area (Å²) in [6, 6.07) is 7.84. The number of aliphatic hydroxyl groups is 1. The van der Waals surface area contributed by atoms with Crippen molar-refractivity contribution in [3.63, 3.8) is 0 Å². The van der Waals surface area contributed by atoms with Crippen molar-refractivity contribution in [1.29, 1.82) is 0 Å². The number of hydrogen-bond acceptors (Lipinski definition) is 3. The van der Waals surface area contributed by atoms with E-state index in [1.807, 2.05) is 24.3 Å². The summed E-state index contributed by atoms with van der Waals surface area (Å²) in [6.07, 6.45) is 0.692. The van der Waals surface area contributed by atoms with E-state index in [-0.39, 0.29) is 0 Å². The van der Waals surface area contributed by atoms with Gasteiger partial charge in [-0.2, -0.15) is 0 Å². The number of benzene rings is 1. The quantitative estimate of drug-likeness (QED) is 0.737. The van der Waals surface area contributed by atoms with Crippen LogP contribution >= 0.6 is 0 Å². The molecule has 1 aromatic rings. The molecule has 1 heterocycles. The maximum absolute atomic E-state index is 9.92. The monoisotopic (exact) mass is 193 g/mol. The Labute approximate surface area is 83.7 Å². The van der Waals surface area contributed by atoms with Crippen molar-refractivity contribution in [2.45, 2.75) is 12.0 Å². The first kappa shape index (κ1) is 9.49. The normalized spacial score (nSPS) is 18.7. The molecule has 0 amide bonds. The predicted octanol–water partition coefficient (Wildman–Crippen LogP) is 0.572. The van der Waals surface area contributed by atoms with E-state index in [4.69, 9.17) is 4.74 Å². The number of methoxy groups -OCH3 is 1. The van der Waals surface area contributed by atoms with E-state index < -0.39 is 5.60 Å². The fraction of sp³-hybridized carbons (Fsp3) is 0.455. The highest BCUT2D eigenvalue weighted by molar-refractivity contribution is 5.29. The van der Waals surface area contributed by atoms with E-state index in [0.717, 1.165) is 11.3 Å². The molecule has 1 aromatic carbocycles. The van der Waals surface area contributed by atoms with E-state index in [0.29, 0.717) is 19.5 Å². The zero-order valence-electron chi connectivity index (χ0n) is 8.29. The minimum Gasteiger partial charge on any atom is -0.497 e. The number of rotatable bonds is 3. The summed E-state index contributed by atoms with van der Waals surface area (Å²) < 4.78 is 5.12. The molecule has 14 heavy (non-hydrogen) atoms. The minimum atomic E-state index is -0.549. The van der Waals surface area contributed by atoms with Crippen molar-refractivity contribution in [2.75, 3.05) is 20.2 Å². The van der Waals surface area contributed by atoms with E-state index in [1.165, 1.54) is 0 Å². The van der Waals surface area contributed by atoms with Crippen LogP contribution in [0.5, 0.6) is 5.75 Å². The van der Waals surface area contributed by atoms with Crippen LogP contribution in [-0.4, -0.2) is 30.9 Å². The smallest absolute Gasteiger partial charge is 0.119 e. The second-order valence-corrected chi connectivity index (χ2v) is 3.86. The Morgan fingerprint density at radius 2 is 2.29 bits per heavy atom. The third-order valence-electron chi connectivity index (χ3n) is 2.58. The lowest BCUT2D eigenvalue weighted by Gasteiger charge is -2.37. The van der Waals surface area contributed by atoms with Gasteiger partial charge in [-0.05, 0) is 17.7 Å². The number of nitrogens with one attached hydrogen (secondary N) is 1. The molecule has 0 aliphatic carbocycles. The van der Waals surface area contributed by atoms with Crippen LogP contribution in [0.25, 0.3) is 0 Å². The van der Waals surface area contributed by atoms with Gasteiger partial charge in [0, 0.05) is 19.5 Å². The van der Waals surface area contributed by atoms with Crippen molar-refractivity contribution < 1.29 is 9.84 Å². The highest BCUT2D eigenvalue weighted by Gasteiger charge is 2.34. The standard InChI is InChI=1S/C11H15NO2/c1-14-10-4-2-3-9(5-10)6-11(13)7-12-8-11/h2-5,12-13H,6-8H2,1H3. The van der Waals surface area contributed by atoms with Crippen LogP contribution in [0.4, 0.5) is 0 Å². The molecule has 0 bridgehead atoms. The lowest BCUT2D eigenvalue weighted by Crippen LogP contribution is -2.60.